The second-order valence-corrected chi connectivity index (χ2v) is 5.14. The summed E-state index contributed by atoms with van der Waals surface area (Å²) in [4.78, 5) is 0.258. The molecule has 72 valence electrons. The predicted octanol–water partition coefficient (Wildman–Crippen LogP) is -0.315. The molecule has 1 saturated heterocycles. The number of epoxide rings is 1. The lowest BCUT2D eigenvalue weighted by atomic mass is 10.5. The molecule has 1 atom stereocenters. The molecule has 1 aliphatic heterocycles. The van der Waals surface area contributed by atoms with Gasteiger partial charge in [0.2, 0.25) is 0 Å². The standard InChI is InChI=1S/C7H10N2O3S/c1-13(10,11)7-2-8-9(4-7)3-6-5-12-6/h2,4,6H,3,5H2,1H3/t6-/m1/s1. The van der Waals surface area contributed by atoms with Crippen LogP contribution in [0.1, 0.15) is 0 Å². The third-order valence-corrected chi connectivity index (χ3v) is 2.90. The number of sulfone groups is 1. The maximum absolute atomic E-state index is 11.1. The Morgan fingerprint density at radius 2 is 2.46 bits per heavy atom. The van der Waals surface area contributed by atoms with Crippen LogP contribution in [0.2, 0.25) is 0 Å². The molecular weight excluding hydrogens is 192 g/mol. The average molecular weight is 202 g/mol. The van der Waals surface area contributed by atoms with Crippen molar-refractivity contribution in [1.82, 2.24) is 9.78 Å². The zero-order valence-electron chi connectivity index (χ0n) is 7.17. The van der Waals surface area contributed by atoms with Gasteiger partial charge >= 0.3 is 0 Å². The van der Waals surface area contributed by atoms with Crippen molar-refractivity contribution in [2.75, 3.05) is 12.9 Å². The van der Waals surface area contributed by atoms with E-state index in [1.807, 2.05) is 0 Å². The van der Waals surface area contributed by atoms with Crippen LogP contribution in [0.3, 0.4) is 0 Å². The number of hydrogen-bond donors (Lipinski definition) is 0. The van der Waals surface area contributed by atoms with Crippen LogP contribution in [0, 0.1) is 0 Å². The quantitative estimate of drug-likeness (QED) is 0.630. The summed E-state index contributed by atoms with van der Waals surface area (Å²) in [7, 11) is -3.12. The normalized spacial score (nSPS) is 21.8. The van der Waals surface area contributed by atoms with Gasteiger partial charge in [0.25, 0.3) is 0 Å². The van der Waals surface area contributed by atoms with Crippen molar-refractivity contribution < 1.29 is 13.2 Å². The van der Waals surface area contributed by atoms with Gasteiger partial charge in [-0.1, -0.05) is 0 Å². The second-order valence-electron chi connectivity index (χ2n) is 3.13. The SMILES string of the molecule is CS(=O)(=O)c1cnn(C[C@@H]2CO2)c1. The summed E-state index contributed by atoms with van der Waals surface area (Å²) in [6, 6.07) is 0. The summed E-state index contributed by atoms with van der Waals surface area (Å²) in [5.74, 6) is 0. The monoisotopic (exact) mass is 202 g/mol. The zero-order valence-corrected chi connectivity index (χ0v) is 7.99. The van der Waals surface area contributed by atoms with Crippen molar-refractivity contribution in [2.24, 2.45) is 0 Å². The van der Waals surface area contributed by atoms with Crippen molar-refractivity contribution in [3.8, 4) is 0 Å². The minimum Gasteiger partial charge on any atom is -0.371 e. The number of rotatable bonds is 3. The molecule has 2 heterocycles. The fourth-order valence-corrected chi connectivity index (χ4v) is 1.57. The molecule has 0 aliphatic carbocycles. The van der Waals surface area contributed by atoms with E-state index < -0.39 is 9.84 Å². The van der Waals surface area contributed by atoms with Crippen LogP contribution in [0.25, 0.3) is 0 Å². The minimum atomic E-state index is -3.12. The molecule has 1 aromatic heterocycles. The van der Waals surface area contributed by atoms with E-state index in [0.29, 0.717) is 6.54 Å². The lowest BCUT2D eigenvalue weighted by Crippen LogP contribution is -2.04. The van der Waals surface area contributed by atoms with Crippen molar-refractivity contribution in [3.05, 3.63) is 12.4 Å². The Morgan fingerprint density at radius 1 is 1.77 bits per heavy atom. The van der Waals surface area contributed by atoms with Crippen LogP contribution in [0.5, 0.6) is 0 Å². The van der Waals surface area contributed by atoms with Crippen LogP contribution in [-0.4, -0.2) is 37.2 Å². The second kappa shape index (κ2) is 2.81. The lowest BCUT2D eigenvalue weighted by Gasteiger charge is -1.94. The maximum atomic E-state index is 11.1. The van der Waals surface area contributed by atoms with Gasteiger partial charge in [0.1, 0.15) is 11.0 Å². The molecule has 1 aliphatic rings. The molecule has 13 heavy (non-hydrogen) atoms. The smallest absolute Gasteiger partial charge is 0.178 e. The molecule has 0 saturated carbocycles. The van der Waals surface area contributed by atoms with Crippen LogP contribution in [0.15, 0.2) is 17.3 Å². The molecule has 0 N–H and O–H groups in total. The third-order valence-electron chi connectivity index (χ3n) is 1.83. The average Bonchev–Trinajstić information content (AvgIpc) is 2.63. The number of nitrogens with zero attached hydrogens (tertiary/aromatic N) is 2. The van der Waals surface area contributed by atoms with Gasteiger partial charge in [-0.25, -0.2) is 8.42 Å². The van der Waals surface area contributed by atoms with E-state index >= 15 is 0 Å². The Bertz CT molecular complexity index is 405. The number of ether oxygens (including phenoxy) is 1. The zero-order chi connectivity index (χ0) is 9.47. The first kappa shape index (κ1) is 8.71. The van der Waals surface area contributed by atoms with Crippen molar-refractivity contribution >= 4 is 9.84 Å². The molecular formula is C7H10N2O3S. The first-order chi connectivity index (χ1) is 6.05. The van der Waals surface area contributed by atoms with Gasteiger partial charge in [0.05, 0.1) is 19.3 Å². The van der Waals surface area contributed by atoms with Gasteiger partial charge in [-0.2, -0.15) is 5.10 Å². The highest BCUT2D eigenvalue weighted by atomic mass is 32.2. The highest BCUT2D eigenvalue weighted by Crippen LogP contribution is 2.13. The van der Waals surface area contributed by atoms with Gasteiger partial charge in [-0.3, -0.25) is 4.68 Å². The highest BCUT2D eigenvalue weighted by molar-refractivity contribution is 7.90. The first-order valence-corrected chi connectivity index (χ1v) is 5.79. The Morgan fingerprint density at radius 3 is 2.92 bits per heavy atom. The van der Waals surface area contributed by atoms with E-state index in [4.69, 9.17) is 4.74 Å². The Labute approximate surface area is 76.2 Å². The van der Waals surface area contributed by atoms with E-state index in [1.54, 1.807) is 4.68 Å². The summed E-state index contributed by atoms with van der Waals surface area (Å²) in [6.07, 6.45) is 4.27. The molecule has 0 spiro atoms. The van der Waals surface area contributed by atoms with Gasteiger partial charge in [0, 0.05) is 12.5 Å². The van der Waals surface area contributed by atoms with E-state index in [-0.39, 0.29) is 11.0 Å². The molecule has 0 aromatic carbocycles. The van der Waals surface area contributed by atoms with Crippen LogP contribution < -0.4 is 0 Å². The Hall–Kier alpha value is -0.880. The maximum Gasteiger partial charge on any atom is 0.178 e. The van der Waals surface area contributed by atoms with Gasteiger partial charge in [-0.05, 0) is 0 Å². The summed E-state index contributed by atoms with van der Waals surface area (Å²) in [5.41, 5.74) is 0. The fourth-order valence-electron chi connectivity index (χ4n) is 1.02. The third kappa shape index (κ3) is 2.07. The van der Waals surface area contributed by atoms with Crippen molar-refractivity contribution in [1.29, 1.82) is 0 Å². The Balaban J connectivity index is 2.17. The molecule has 0 amide bonds. The lowest BCUT2D eigenvalue weighted by molar-refractivity contribution is 0.373. The fraction of sp³-hybridized carbons (Fsp3) is 0.571. The van der Waals surface area contributed by atoms with E-state index in [9.17, 15) is 8.42 Å². The number of aromatic nitrogens is 2. The summed E-state index contributed by atoms with van der Waals surface area (Å²) >= 11 is 0. The minimum absolute atomic E-state index is 0.215. The topological polar surface area (TPSA) is 64.5 Å². The van der Waals surface area contributed by atoms with E-state index in [2.05, 4.69) is 5.10 Å². The van der Waals surface area contributed by atoms with Crippen LogP contribution in [0.4, 0.5) is 0 Å². The molecule has 5 nitrogen and oxygen atoms in total. The predicted molar refractivity (Wildman–Crippen MR) is 45.1 cm³/mol. The Kier molecular flexibility index (Phi) is 1.88. The molecule has 1 aromatic rings. The van der Waals surface area contributed by atoms with E-state index in [0.717, 1.165) is 6.61 Å². The van der Waals surface area contributed by atoms with Crippen LogP contribution in [-0.2, 0) is 21.1 Å². The largest absolute Gasteiger partial charge is 0.371 e. The van der Waals surface area contributed by atoms with Gasteiger partial charge in [0.15, 0.2) is 9.84 Å². The molecule has 2 rings (SSSR count). The van der Waals surface area contributed by atoms with E-state index in [1.165, 1.54) is 18.6 Å². The molecule has 0 radical (unpaired) electrons. The van der Waals surface area contributed by atoms with Crippen LogP contribution >= 0.6 is 0 Å². The molecule has 0 bridgehead atoms. The van der Waals surface area contributed by atoms with Crippen molar-refractivity contribution in [3.63, 3.8) is 0 Å². The number of hydrogen-bond acceptors (Lipinski definition) is 4. The molecule has 1 fully saturated rings. The molecule has 6 heteroatoms. The summed E-state index contributed by atoms with van der Waals surface area (Å²) in [5, 5.41) is 3.92. The molecule has 0 unspecified atom stereocenters. The highest BCUT2D eigenvalue weighted by Gasteiger charge is 2.23. The van der Waals surface area contributed by atoms with Gasteiger partial charge < -0.3 is 4.74 Å². The first-order valence-electron chi connectivity index (χ1n) is 3.90. The van der Waals surface area contributed by atoms with Crippen molar-refractivity contribution in [2.45, 2.75) is 17.5 Å². The summed E-state index contributed by atoms with van der Waals surface area (Å²) in [6.45, 7) is 1.38. The summed E-state index contributed by atoms with van der Waals surface area (Å²) < 4.78 is 28.7. The van der Waals surface area contributed by atoms with Gasteiger partial charge in [-0.15, -0.1) is 0 Å².